The molecule has 0 aliphatic heterocycles. The molecule has 0 amide bonds. The van der Waals surface area contributed by atoms with Gasteiger partial charge in [-0.2, -0.15) is 0 Å². The van der Waals surface area contributed by atoms with E-state index in [0.717, 1.165) is 19.3 Å². The van der Waals surface area contributed by atoms with Crippen LogP contribution in [0.15, 0.2) is 24.3 Å². The highest BCUT2D eigenvalue weighted by Crippen LogP contribution is 2.26. The summed E-state index contributed by atoms with van der Waals surface area (Å²) in [5.41, 5.74) is 8.97. The van der Waals surface area contributed by atoms with Gasteiger partial charge in [-0.3, -0.25) is 0 Å². The van der Waals surface area contributed by atoms with Gasteiger partial charge in [0.2, 0.25) is 0 Å². The maximum Gasteiger partial charge on any atom is 0.0404 e. The molecule has 0 fully saturated rings. The summed E-state index contributed by atoms with van der Waals surface area (Å²) in [5.74, 6) is 0.700. The lowest BCUT2D eigenvalue weighted by Crippen LogP contribution is -2.35. The number of hydrogen-bond acceptors (Lipinski definition) is 1. The Balaban J connectivity index is 2.97. The highest BCUT2D eigenvalue weighted by Gasteiger charge is 2.22. The first-order valence-electron chi connectivity index (χ1n) is 6.40. The molecule has 1 aromatic rings. The molecule has 1 rings (SSSR count). The second-order valence-electron chi connectivity index (χ2n) is 5.16. The van der Waals surface area contributed by atoms with E-state index in [1.807, 2.05) is 0 Å². The summed E-state index contributed by atoms with van der Waals surface area (Å²) >= 11 is 0. The molecular formula is C15H25N. The third kappa shape index (κ3) is 3.08. The molecule has 0 saturated heterocycles. The summed E-state index contributed by atoms with van der Waals surface area (Å²) in [4.78, 5) is 0. The molecule has 0 atom stereocenters. The van der Waals surface area contributed by atoms with Crippen LogP contribution in [0.4, 0.5) is 0 Å². The van der Waals surface area contributed by atoms with Crippen molar-refractivity contribution in [2.75, 3.05) is 0 Å². The summed E-state index contributed by atoms with van der Waals surface area (Å²) in [6.45, 7) is 8.83. The van der Waals surface area contributed by atoms with Gasteiger partial charge in [0.1, 0.15) is 0 Å². The van der Waals surface area contributed by atoms with Crippen molar-refractivity contribution in [1.29, 1.82) is 0 Å². The summed E-state index contributed by atoms with van der Waals surface area (Å²) in [6.07, 6.45) is 3.13. The monoisotopic (exact) mass is 219 g/mol. The van der Waals surface area contributed by atoms with Crippen molar-refractivity contribution in [3.05, 3.63) is 35.4 Å². The molecule has 1 aromatic carbocycles. The van der Waals surface area contributed by atoms with E-state index in [1.165, 1.54) is 11.1 Å². The van der Waals surface area contributed by atoms with Crippen molar-refractivity contribution in [3.8, 4) is 0 Å². The van der Waals surface area contributed by atoms with E-state index >= 15 is 0 Å². The average molecular weight is 219 g/mol. The Labute approximate surface area is 100 Å². The smallest absolute Gasteiger partial charge is 0.0404 e. The Hall–Kier alpha value is -0.820. The quantitative estimate of drug-likeness (QED) is 0.799. The van der Waals surface area contributed by atoms with Crippen molar-refractivity contribution in [2.45, 2.75) is 52.5 Å². The van der Waals surface area contributed by atoms with Gasteiger partial charge in [0.25, 0.3) is 0 Å². The zero-order valence-corrected chi connectivity index (χ0v) is 11.1. The van der Waals surface area contributed by atoms with Gasteiger partial charge in [-0.1, -0.05) is 52.0 Å². The van der Waals surface area contributed by atoms with Crippen molar-refractivity contribution in [1.82, 2.24) is 0 Å². The molecule has 16 heavy (non-hydrogen) atoms. The van der Waals surface area contributed by atoms with E-state index in [-0.39, 0.29) is 5.54 Å². The zero-order valence-electron chi connectivity index (χ0n) is 11.1. The SMILES string of the molecule is CCC(N)(CC)c1cccc(CC(C)C)c1. The summed E-state index contributed by atoms with van der Waals surface area (Å²) in [7, 11) is 0. The van der Waals surface area contributed by atoms with Crippen LogP contribution in [0.25, 0.3) is 0 Å². The highest BCUT2D eigenvalue weighted by molar-refractivity contribution is 5.29. The van der Waals surface area contributed by atoms with E-state index in [1.54, 1.807) is 0 Å². The predicted molar refractivity (Wildman–Crippen MR) is 71.4 cm³/mol. The van der Waals surface area contributed by atoms with Gasteiger partial charge in [0.05, 0.1) is 0 Å². The second-order valence-corrected chi connectivity index (χ2v) is 5.16. The molecule has 0 aliphatic rings. The molecular weight excluding hydrogens is 194 g/mol. The van der Waals surface area contributed by atoms with Crippen molar-refractivity contribution >= 4 is 0 Å². The maximum absolute atomic E-state index is 6.42. The van der Waals surface area contributed by atoms with E-state index in [9.17, 15) is 0 Å². The number of hydrogen-bond donors (Lipinski definition) is 1. The Morgan fingerprint density at radius 3 is 2.31 bits per heavy atom. The van der Waals surface area contributed by atoms with Crippen LogP contribution < -0.4 is 5.73 Å². The van der Waals surface area contributed by atoms with E-state index in [2.05, 4.69) is 52.0 Å². The molecule has 0 aliphatic carbocycles. The van der Waals surface area contributed by atoms with Gasteiger partial charge in [-0.15, -0.1) is 0 Å². The van der Waals surface area contributed by atoms with Crippen molar-refractivity contribution in [3.63, 3.8) is 0 Å². The van der Waals surface area contributed by atoms with Crippen LogP contribution in [0.2, 0.25) is 0 Å². The van der Waals surface area contributed by atoms with Crippen molar-refractivity contribution in [2.24, 2.45) is 11.7 Å². The fourth-order valence-electron chi connectivity index (χ4n) is 2.14. The molecule has 2 N–H and O–H groups in total. The molecule has 0 spiro atoms. The predicted octanol–water partition coefficient (Wildman–Crippen LogP) is 3.86. The molecule has 0 bridgehead atoms. The van der Waals surface area contributed by atoms with Gasteiger partial charge < -0.3 is 5.73 Å². The zero-order chi connectivity index (χ0) is 12.2. The van der Waals surface area contributed by atoms with Gasteiger partial charge in [-0.25, -0.2) is 0 Å². The van der Waals surface area contributed by atoms with Gasteiger partial charge in [0.15, 0.2) is 0 Å². The average Bonchev–Trinajstić information content (AvgIpc) is 2.27. The van der Waals surface area contributed by atoms with E-state index in [4.69, 9.17) is 5.73 Å². The Morgan fingerprint density at radius 1 is 1.19 bits per heavy atom. The third-order valence-corrected chi connectivity index (χ3v) is 3.41. The largest absolute Gasteiger partial charge is 0.321 e. The Morgan fingerprint density at radius 2 is 1.81 bits per heavy atom. The van der Waals surface area contributed by atoms with Gasteiger partial charge >= 0.3 is 0 Å². The molecule has 90 valence electrons. The van der Waals surface area contributed by atoms with Crippen LogP contribution >= 0.6 is 0 Å². The number of nitrogens with two attached hydrogens (primary N) is 1. The van der Waals surface area contributed by atoms with Crippen LogP contribution in [-0.2, 0) is 12.0 Å². The lowest BCUT2D eigenvalue weighted by molar-refractivity contribution is 0.412. The van der Waals surface area contributed by atoms with Crippen LogP contribution in [0.1, 0.15) is 51.7 Å². The number of rotatable bonds is 5. The van der Waals surface area contributed by atoms with Crippen molar-refractivity contribution < 1.29 is 0 Å². The molecule has 0 saturated carbocycles. The minimum Gasteiger partial charge on any atom is -0.321 e. The Bertz CT molecular complexity index is 324. The van der Waals surface area contributed by atoms with E-state index < -0.39 is 0 Å². The van der Waals surface area contributed by atoms with Crippen LogP contribution in [0.3, 0.4) is 0 Å². The molecule has 0 radical (unpaired) electrons. The topological polar surface area (TPSA) is 26.0 Å². The van der Waals surface area contributed by atoms with E-state index in [0.29, 0.717) is 5.92 Å². The van der Waals surface area contributed by atoms with Gasteiger partial charge in [0, 0.05) is 5.54 Å². The van der Waals surface area contributed by atoms with Gasteiger partial charge in [-0.05, 0) is 36.3 Å². The minimum atomic E-state index is -0.146. The number of benzene rings is 1. The molecule has 0 unspecified atom stereocenters. The lowest BCUT2D eigenvalue weighted by Gasteiger charge is -2.28. The van der Waals surface area contributed by atoms with Crippen LogP contribution in [-0.4, -0.2) is 0 Å². The molecule has 0 aromatic heterocycles. The fourth-order valence-corrected chi connectivity index (χ4v) is 2.14. The minimum absolute atomic E-state index is 0.146. The van der Waals surface area contributed by atoms with Crippen LogP contribution in [0.5, 0.6) is 0 Å². The first-order valence-corrected chi connectivity index (χ1v) is 6.40. The summed E-state index contributed by atoms with van der Waals surface area (Å²) in [5, 5.41) is 0. The molecule has 1 nitrogen and oxygen atoms in total. The first kappa shape index (κ1) is 13.2. The highest BCUT2D eigenvalue weighted by atomic mass is 14.7. The first-order chi connectivity index (χ1) is 7.51. The normalized spacial score (nSPS) is 12.1. The van der Waals surface area contributed by atoms with Crippen LogP contribution in [0, 0.1) is 5.92 Å². The summed E-state index contributed by atoms with van der Waals surface area (Å²) < 4.78 is 0. The summed E-state index contributed by atoms with van der Waals surface area (Å²) in [6, 6.07) is 8.79. The molecule has 1 heteroatoms. The Kier molecular flexibility index (Phi) is 4.55. The fraction of sp³-hybridized carbons (Fsp3) is 0.600. The molecule has 0 heterocycles. The lowest BCUT2D eigenvalue weighted by atomic mass is 9.84. The third-order valence-electron chi connectivity index (χ3n) is 3.41. The second kappa shape index (κ2) is 5.49. The standard InChI is InChI=1S/C15H25N/c1-5-15(16,6-2)14-9-7-8-13(11-14)10-12(3)4/h7-9,11-12H,5-6,10,16H2,1-4H3. The maximum atomic E-state index is 6.42.